The van der Waals surface area contributed by atoms with Crippen LogP contribution in [0.1, 0.15) is 38.3 Å². The van der Waals surface area contributed by atoms with Crippen molar-refractivity contribution in [3.05, 3.63) is 52.4 Å². The van der Waals surface area contributed by atoms with Crippen LogP contribution in [-0.2, 0) is 0 Å². The summed E-state index contributed by atoms with van der Waals surface area (Å²) in [6.07, 6.45) is 4.18. The van der Waals surface area contributed by atoms with Crippen molar-refractivity contribution in [3.8, 4) is 17.0 Å². The van der Waals surface area contributed by atoms with Gasteiger partial charge in [-0.15, -0.1) is 0 Å². The van der Waals surface area contributed by atoms with E-state index in [9.17, 15) is 4.39 Å². The molecule has 1 aliphatic heterocycles. The minimum atomic E-state index is -0.224. The number of benzene rings is 2. The Morgan fingerprint density at radius 3 is 2.90 bits per heavy atom. The van der Waals surface area contributed by atoms with E-state index in [1.54, 1.807) is 17.4 Å². The highest BCUT2D eigenvalue weighted by Crippen LogP contribution is 2.37. The lowest BCUT2D eigenvalue weighted by molar-refractivity contribution is 0.241. The van der Waals surface area contributed by atoms with Gasteiger partial charge in [0.2, 0.25) is 0 Å². The molecule has 4 nitrogen and oxygen atoms in total. The van der Waals surface area contributed by atoms with Crippen LogP contribution in [0.4, 0.5) is 4.39 Å². The minimum absolute atomic E-state index is 0.0817. The predicted octanol–water partition coefficient (Wildman–Crippen LogP) is 6.33. The largest absolute Gasteiger partial charge is 0.490 e. The summed E-state index contributed by atoms with van der Waals surface area (Å²) in [4.78, 5) is 5.54. The quantitative estimate of drug-likeness (QED) is 0.376. The molecular weight excluding hydrogens is 453 g/mol. The molecule has 29 heavy (non-hydrogen) atoms. The minimum Gasteiger partial charge on any atom is -0.490 e. The highest BCUT2D eigenvalue weighted by molar-refractivity contribution is 9.10. The van der Waals surface area contributed by atoms with E-state index in [0.717, 1.165) is 50.3 Å². The number of thiazole rings is 1. The van der Waals surface area contributed by atoms with Crippen LogP contribution in [0.25, 0.3) is 26.4 Å². The van der Waals surface area contributed by atoms with Crippen LogP contribution in [0.3, 0.4) is 0 Å². The van der Waals surface area contributed by atoms with Crippen molar-refractivity contribution in [3.63, 3.8) is 0 Å². The number of nitrogens with zero attached hydrogens (tertiary/aromatic N) is 2. The summed E-state index contributed by atoms with van der Waals surface area (Å²) in [6, 6.07) is 9.83. The van der Waals surface area contributed by atoms with E-state index in [2.05, 4.69) is 27.3 Å². The fourth-order valence-electron chi connectivity index (χ4n) is 3.90. The Morgan fingerprint density at radius 1 is 1.31 bits per heavy atom. The molecule has 0 aliphatic carbocycles. The second-order valence-electron chi connectivity index (χ2n) is 7.69. The van der Waals surface area contributed by atoms with Gasteiger partial charge in [-0.05, 0) is 72.9 Å². The molecule has 1 N–H and O–H groups in total. The molecule has 7 heteroatoms. The highest BCUT2D eigenvalue weighted by atomic mass is 79.9. The number of hydrogen-bond acceptors (Lipinski definition) is 4. The summed E-state index contributed by atoms with van der Waals surface area (Å²) in [5, 5.41) is 3.42. The number of ether oxygens (including phenoxy) is 1. The Hall–Kier alpha value is -1.96. The van der Waals surface area contributed by atoms with Gasteiger partial charge in [0.25, 0.3) is 0 Å². The molecule has 1 atom stereocenters. The van der Waals surface area contributed by atoms with Crippen molar-refractivity contribution in [2.45, 2.75) is 38.8 Å². The van der Waals surface area contributed by atoms with Gasteiger partial charge in [0.15, 0.2) is 4.96 Å². The topological polar surface area (TPSA) is 38.6 Å². The number of rotatable bonds is 4. The third-order valence-electron chi connectivity index (χ3n) is 5.24. The van der Waals surface area contributed by atoms with Gasteiger partial charge in [0, 0.05) is 23.9 Å². The van der Waals surface area contributed by atoms with Gasteiger partial charge in [0.05, 0.1) is 26.5 Å². The molecule has 1 fully saturated rings. The molecule has 2 aromatic carbocycles. The first-order valence-corrected chi connectivity index (χ1v) is 11.4. The second kappa shape index (κ2) is 7.38. The molecular formula is C22H21BrFN3OS. The molecule has 1 saturated heterocycles. The lowest BCUT2D eigenvalue weighted by Crippen LogP contribution is -2.12. The van der Waals surface area contributed by atoms with E-state index in [1.165, 1.54) is 0 Å². The molecule has 3 heterocycles. The highest BCUT2D eigenvalue weighted by Gasteiger charge is 2.19. The summed E-state index contributed by atoms with van der Waals surface area (Å²) < 4.78 is 24.8. The van der Waals surface area contributed by atoms with Gasteiger partial charge in [-0.2, -0.15) is 0 Å². The van der Waals surface area contributed by atoms with Crippen molar-refractivity contribution in [1.29, 1.82) is 0 Å². The molecule has 2 aromatic heterocycles. The maximum atomic E-state index is 14.9. The first-order valence-electron chi connectivity index (χ1n) is 9.80. The smallest absolute Gasteiger partial charge is 0.195 e. The fourth-order valence-corrected chi connectivity index (χ4v) is 5.52. The number of halogens is 2. The SMILES string of the molecule is CC(C)Oc1cc2c(cc1Br)sc1nc(-c3ccc(C4CCCN4)cc3F)cn12. The molecule has 0 radical (unpaired) electrons. The first kappa shape index (κ1) is 19.0. The van der Waals surface area contributed by atoms with Crippen LogP contribution in [0.15, 0.2) is 41.0 Å². The Balaban J connectivity index is 1.56. The van der Waals surface area contributed by atoms with E-state index in [0.29, 0.717) is 11.3 Å². The predicted molar refractivity (Wildman–Crippen MR) is 119 cm³/mol. The van der Waals surface area contributed by atoms with Crippen molar-refractivity contribution in [2.75, 3.05) is 6.54 Å². The summed E-state index contributed by atoms with van der Waals surface area (Å²) in [7, 11) is 0. The van der Waals surface area contributed by atoms with Crippen LogP contribution in [0, 0.1) is 5.82 Å². The molecule has 0 bridgehead atoms. The van der Waals surface area contributed by atoms with Gasteiger partial charge in [-0.25, -0.2) is 9.37 Å². The first-order chi connectivity index (χ1) is 14.0. The van der Waals surface area contributed by atoms with Crippen molar-refractivity contribution < 1.29 is 9.13 Å². The van der Waals surface area contributed by atoms with Crippen molar-refractivity contribution >= 4 is 42.4 Å². The van der Waals surface area contributed by atoms with Crippen molar-refractivity contribution in [2.24, 2.45) is 0 Å². The molecule has 4 aromatic rings. The lowest BCUT2D eigenvalue weighted by atomic mass is 10.0. The van der Waals surface area contributed by atoms with Crippen LogP contribution >= 0.6 is 27.3 Å². The second-order valence-corrected chi connectivity index (χ2v) is 9.55. The van der Waals surface area contributed by atoms with Gasteiger partial charge in [-0.1, -0.05) is 17.4 Å². The van der Waals surface area contributed by atoms with E-state index in [-0.39, 0.29) is 18.0 Å². The number of aromatic nitrogens is 2. The average Bonchev–Trinajstić information content (AvgIpc) is 3.38. The van der Waals surface area contributed by atoms with Gasteiger partial charge < -0.3 is 10.1 Å². The molecule has 150 valence electrons. The van der Waals surface area contributed by atoms with E-state index in [1.807, 2.05) is 42.6 Å². The fraction of sp³-hybridized carbons (Fsp3) is 0.318. The molecule has 5 rings (SSSR count). The molecule has 0 saturated carbocycles. The number of nitrogens with one attached hydrogen (secondary N) is 1. The Bertz CT molecular complexity index is 1210. The van der Waals surface area contributed by atoms with Crippen LogP contribution in [-0.4, -0.2) is 22.0 Å². The standard InChI is InChI=1S/C22H21BrFN3OS/c1-12(2)28-20-10-19-21(9-15(20)23)29-22-26-18(11-27(19)22)14-6-5-13(8-16(14)24)17-4-3-7-25-17/h5-6,8-12,17,25H,3-4,7H2,1-2H3. The lowest BCUT2D eigenvalue weighted by Gasteiger charge is -2.12. The maximum absolute atomic E-state index is 14.9. The Labute approximate surface area is 180 Å². The van der Waals surface area contributed by atoms with Crippen LogP contribution < -0.4 is 10.1 Å². The normalized spacial score (nSPS) is 17.1. The molecule has 0 spiro atoms. The van der Waals surface area contributed by atoms with Gasteiger partial charge >= 0.3 is 0 Å². The summed E-state index contributed by atoms with van der Waals surface area (Å²) >= 11 is 5.17. The van der Waals surface area contributed by atoms with Gasteiger partial charge in [-0.3, -0.25) is 4.40 Å². The molecule has 1 aliphatic rings. The maximum Gasteiger partial charge on any atom is 0.195 e. The zero-order valence-corrected chi connectivity index (χ0v) is 18.6. The molecule has 1 unspecified atom stereocenters. The van der Waals surface area contributed by atoms with Crippen LogP contribution in [0.2, 0.25) is 0 Å². The van der Waals surface area contributed by atoms with Gasteiger partial charge in [0.1, 0.15) is 11.6 Å². The average molecular weight is 474 g/mol. The Morgan fingerprint density at radius 2 is 2.17 bits per heavy atom. The van der Waals surface area contributed by atoms with E-state index < -0.39 is 0 Å². The summed E-state index contributed by atoms with van der Waals surface area (Å²) in [5.41, 5.74) is 3.20. The summed E-state index contributed by atoms with van der Waals surface area (Å²) in [5.74, 6) is 0.569. The third kappa shape index (κ3) is 3.45. The van der Waals surface area contributed by atoms with E-state index in [4.69, 9.17) is 9.72 Å². The third-order valence-corrected chi connectivity index (χ3v) is 6.88. The van der Waals surface area contributed by atoms with Crippen LogP contribution in [0.5, 0.6) is 5.75 Å². The number of imidazole rings is 1. The molecule has 0 amide bonds. The zero-order valence-electron chi connectivity index (χ0n) is 16.2. The Kier molecular flexibility index (Phi) is 4.84. The summed E-state index contributed by atoms with van der Waals surface area (Å²) in [6.45, 7) is 5.00. The van der Waals surface area contributed by atoms with E-state index >= 15 is 0 Å². The monoisotopic (exact) mass is 473 g/mol. The number of fused-ring (bicyclic) bond motifs is 3. The van der Waals surface area contributed by atoms with Crippen molar-refractivity contribution in [1.82, 2.24) is 14.7 Å². The number of hydrogen-bond donors (Lipinski definition) is 1. The zero-order chi connectivity index (χ0) is 20.1.